The van der Waals surface area contributed by atoms with Crippen LogP contribution in [0.3, 0.4) is 0 Å². The lowest BCUT2D eigenvalue weighted by molar-refractivity contribution is -0.124. The molecule has 1 fully saturated rings. The van der Waals surface area contributed by atoms with Crippen molar-refractivity contribution in [3.05, 3.63) is 35.5 Å². The Morgan fingerprint density at radius 3 is 2.88 bits per heavy atom. The van der Waals surface area contributed by atoms with E-state index < -0.39 is 0 Å². The summed E-state index contributed by atoms with van der Waals surface area (Å²) in [4.78, 5) is 21.0. The number of likely N-dealkylation sites (N-methyl/N-ethyl adjacent to an activating group) is 1. The van der Waals surface area contributed by atoms with Gasteiger partial charge in [-0.3, -0.25) is 14.8 Å². The molecule has 0 spiro atoms. The van der Waals surface area contributed by atoms with E-state index in [0.29, 0.717) is 11.5 Å². The van der Waals surface area contributed by atoms with Gasteiger partial charge in [-0.1, -0.05) is 26.3 Å². The fourth-order valence-electron chi connectivity index (χ4n) is 5.77. The number of rotatable bonds is 4. The van der Waals surface area contributed by atoms with Crippen LogP contribution in [-0.4, -0.2) is 51.7 Å². The molecule has 0 radical (unpaired) electrons. The highest BCUT2D eigenvalue weighted by Crippen LogP contribution is 2.38. The van der Waals surface area contributed by atoms with Gasteiger partial charge in [0.2, 0.25) is 5.91 Å². The number of hydrogen-bond donors (Lipinski definition) is 2. The summed E-state index contributed by atoms with van der Waals surface area (Å²) in [6, 6.07) is 8.77. The van der Waals surface area contributed by atoms with Crippen molar-refractivity contribution in [1.82, 2.24) is 20.1 Å². The van der Waals surface area contributed by atoms with E-state index in [0.717, 1.165) is 47.4 Å². The number of H-pyrrole nitrogens is 2. The van der Waals surface area contributed by atoms with E-state index in [9.17, 15) is 4.79 Å². The lowest BCUT2D eigenvalue weighted by Crippen LogP contribution is -2.51. The van der Waals surface area contributed by atoms with Gasteiger partial charge in [0.15, 0.2) is 0 Å². The molecule has 2 atom stereocenters. The molecule has 3 heterocycles. The summed E-state index contributed by atoms with van der Waals surface area (Å²) in [5, 5.41) is 9.10. The minimum absolute atomic E-state index is 0.111. The summed E-state index contributed by atoms with van der Waals surface area (Å²) in [7, 11) is 1.89. The van der Waals surface area contributed by atoms with Crippen LogP contribution in [0.5, 0.6) is 0 Å². The van der Waals surface area contributed by atoms with Gasteiger partial charge >= 0.3 is 0 Å². The van der Waals surface area contributed by atoms with Gasteiger partial charge in [-0.25, -0.2) is 0 Å². The third-order valence-corrected chi connectivity index (χ3v) is 7.95. The van der Waals surface area contributed by atoms with Gasteiger partial charge in [-0.05, 0) is 76.1 Å². The topological polar surface area (TPSA) is 68.0 Å². The Kier molecular flexibility index (Phi) is 5.60. The standard InChI is InChI=1S/C27H37N5O/c1-17-8-6-7-13-32(17)18(2)26(33)31(5)20-10-9-19-14-23(28-22(19)15-20)25-21-11-12-27(3,4)16-24(21)29-30-25/h9-10,14-15,17-18,28H,6-8,11-13,16H2,1-5H3,(H,29,30). The predicted octanol–water partition coefficient (Wildman–Crippen LogP) is 5.30. The Morgan fingerprint density at radius 1 is 1.27 bits per heavy atom. The molecule has 33 heavy (non-hydrogen) atoms. The van der Waals surface area contributed by atoms with Gasteiger partial charge in [0.05, 0.1) is 11.7 Å². The third-order valence-electron chi connectivity index (χ3n) is 7.95. The zero-order valence-corrected chi connectivity index (χ0v) is 20.7. The summed E-state index contributed by atoms with van der Waals surface area (Å²) < 4.78 is 0. The van der Waals surface area contributed by atoms with Crippen LogP contribution >= 0.6 is 0 Å². The highest BCUT2D eigenvalue weighted by Gasteiger charge is 2.31. The predicted molar refractivity (Wildman–Crippen MR) is 135 cm³/mol. The number of amides is 1. The zero-order valence-electron chi connectivity index (χ0n) is 20.7. The maximum absolute atomic E-state index is 13.3. The highest BCUT2D eigenvalue weighted by molar-refractivity contribution is 5.99. The number of carbonyl (C=O) groups excluding carboxylic acids is 1. The van der Waals surface area contributed by atoms with Crippen LogP contribution in [0, 0.1) is 5.41 Å². The van der Waals surface area contributed by atoms with Crippen LogP contribution in [0.1, 0.15) is 64.6 Å². The van der Waals surface area contributed by atoms with E-state index in [4.69, 9.17) is 0 Å². The van der Waals surface area contributed by atoms with E-state index in [1.807, 2.05) is 24.9 Å². The van der Waals surface area contributed by atoms with Crippen molar-refractivity contribution in [3.63, 3.8) is 0 Å². The van der Waals surface area contributed by atoms with Gasteiger partial charge in [-0.15, -0.1) is 0 Å². The van der Waals surface area contributed by atoms with Crippen LogP contribution in [0.25, 0.3) is 22.3 Å². The molecule has 2 unspecified atom stereocenters. The lowest BCUT2D eigenvalue weighted by atomic mass is 9.76. The number of anilines is 1. The molecule has 176 valence electrons. The number of carbonyl (C=O) groups is 1. The minimum Gasteiger partial charge on any atom is -0.353 e. The normalized spacial score (nSPS) is 21.7. The van der Waals surface area contributed by atoms with Crippen LogP contribution in [0.4, 0.5) is 5.69 Å². The van der Waals surface area contributed by atoms with Crippen LogP contribution < -0.4 is 4.90 Å². The number of aromatic nitrogens is 3. The van der Waals surface area contributed by atoms with Crippen molar-refractivity contribution in [2.45, 2.75) is 78.3 Å². The molecule has 1 aliphatic heterocycles. The Hall–Kier alpha value is -2.60. The molecule has 1 amide bonds. The summed E-state index contributed by atoms with van der Waals surface area (Å²) in [6.45, 7) is 9.95. The Bertz CT molecular complexity index is 1170. The van der Waals surface area contributed by atoms with Gasteiger partial charge in [0.25, 0.3) is 0 Å². The quantitative estimate of drug-likeness (QED) is 0.570. The molecule has 5 rings (SSSR count). The molecule has 2 aromatic heterocycles. The molecule has 6 heteroatoms. The maximum Gasteiger partial charge on any atom is 0.243 e. The van der Waals surface area contributed by atoms with E-state index in [1.54, 1.807) is 0 Å². The number of nitrogens with zero attached hydrogens (tertiary/aromatic N) is 3. The van der Waals surface area contributed by atoms with Gasteiger partial charge < -0.3 is 9.88 Å². The summed E-state index contributed by atoms with van der Waals surface area (Å²) in [5.74, 6) is 0.152. The van der Waals surface area contributed by atoms with Crippen LogP contribution in [-0.2, 0) is 17.6 Å². The summed E-state index contributed by atoms with van der Waals surface area (Å²) in [5.41, 5.74) is 6.98. The molecule has 1 aliphatic carbocycles. The number of likely N-dealkylation sites (tertiary alicyclic amines) is 1. The maximum atomic E-state index is 13.3. The first-order valence-corrected chi connectivity index (χ1v) is 12.5. The van der Waals surface area contributed by atoms with E-state index >= 15 is 0 Å². The van der Waals surface area contributed by atoms with Crippen molar-refractivity contribution < 1.29 is 4.79 Å². The number of nitrogens with one attached hydrogen (secondary N) is 2. The molecular formula is C27H37N5O. The molecule has 0 saturated carbocycles. The Balaban J connectivity index is 1.39. The van der Waals surface area contributed by atoms with Crippen LogP contribution in [0.15, 0.2) is 24.3 Å². The van der Waals surface area contributed by atoms with Crippen LogP contribution in [0.2, 0.25) is 0 Å². The summed E-state index contributed by atoms with van der Waals surface area (Å²) >= 11 is 0. The second-order valence-electron chi connectivity index (χ2n) is 11.0. The van der Waals surface area contributed by atoms with Crippen molar-refractivity contribution in [1.29, 1.82) is 0 Å². The SMILES string of the molecule is CC1CCCCN1C(C)C(=O)N(C)c1ccc2cc(-c3n[nH]c4c3CCC(C)(C)C4)[nH]c2c1. The highest BCUT2D eigenvalue weighted by atomic mass is 16.2. The minimum atomic E-state index is -0.111. The third kappa shape index (κ3) is 4.10. The number of aromatic amines is 2. The first-order valence-electron chi connectivity index (χ1n) is 12.5. The first-order chi connectivity index (χ1) is 15.7. The Labute approximate surface area is 196 Å². The lowest BCUT2D eigenvalue weighted by Gasteiger charge is -2.38. The second kappa shape index (κ2) is 8.32. The average molecular weight is 448 g/mol. The van der Waals surface area contributed by atoms with Gasteiger partial charge in [-0.2, -0.15) is 5.10 Å². The summed E-state index contributed by atoms with van der Waals surface area (Å²) in [6.07, 6.45) is 6.89. The molecule has 6 nitrogen and oxygen atoms in total. The molecule has 2 aliphatic rings. The van der Waals surface area contributed by atoms with Gasteiger partial charge in [0.1, 0.15) is 5.69 Å². The van der Waals surface area contributed by atoms with E-state index in [-0.39, 0.29) is 11.9 Å². The fourth-order valence-corrected chi connectivity index (χ4v) is 5.77. The number of hydrogen-bond acceptors (Lipinski definition) is 3. The zero-order chi connectivity index (χ0) is 23.3. The van der Waals surface area contributed by atoms with Crippen molar-refractivity contribution in [2.75, 3.05) is 18.5 Å². The molecular weight excluding hydrogens is 410 g/mol. The van der Waals surface area contributed by atoms with Crippen molar-refractivity contribution in [3.8, 4) is 11.4 Å². The fraction of sp³-hybridized carbons (Fsp3) is 0.556. The largest absolute Gasteiger partial charge is 0.353 e. The first kappa shape index (κ1) is 22.2. The number of piperidine rings is 1. The molecule has 3 aromatic rings. The number of benzene rings is 1. The average Bonchev–Trinajstić information content (AvgIpc) is 3.39. The molecule has 2 N–H and O–H groups in total. The van der Waals surface area contributed by atoms with Gasteiger partial charge in [0, 0.05) is 40.9 Å². The van der Waals surface area contributed by atoms with Crippen molar-refractivity contribution >= 4 is 22.5 Å². The molecule has 0 bridgehead atoms. The number of fused-ring (bicyclic) bond motifs is 2. The smallest absolute Gasteiger partial charge is 0.243 e. The van der Waals surface area contributed by atoms with E-state index in [1.165, 1.54) is 36.9 Å². The Morgan fingerprint density at radius 2 is 2.09 bits per heavy atom. The molecule has 1 saturated heterocycles. The van der Waals surface area contributed by atoms with E-state index in [2.05, 4.69) is 59.1 Å². The molecule has 1 aromatic carbocycles. The second-order valence-corrected chi connectivity index (χ2v) is 11.0. The monoisotopic (exact) mass is 447 g/mol. The van der Waals surface area contributed by atoms with Crippen molar-refractivity contribution in [2.24, 2.45) is 5.41 Å².